The number of methoxy groups -OCH3 is 1. The maximum absolute atomic E-state index is 12.6. The second-order valence-electron chi connectivity index (χ2n) is 6.48. The van der Waals surface area contributed by atoms with E-state index in [1.165, 1.54) is 12.0 Å². The number of amides is 1. The second kappa shape index (κ2) is 8.15. The average molecular weight is 327 g/mol. The minimum Gasteiger partial charge on any atom is -0.453 e. The molecule has 0 radical (unpaired) electrons. The van der Waals surface area contributed by atoms with Gasteiger partial charge in [0.1, 0.15) is 12.4 Å². The Balaban J connectivity index is 1.55. The molecule has 4 heteroatoms. The quantitative estimate of drug-likeness (QED) is 0.808. The van der Waals surface area contributed by atoms with Crippen molar-refractivity contribution >= 4 is 5.91 Å². The predicted molar refractivity (Wildman–Crippen MR) is 92.8 cm³/mol. The van der Waals surface area contributed by atoms with E-state index >= 15 is 0 Å². The summed E-state index contributed by atoms with van der Waals surface area (Å²) in [7, 11) is 1.62. The van der Waals surface area contributed by atoms with Gasteiger partial charge < -0.3 is 14.1 Å². The van der Waals surface area contributed by atoms with Gasteiger partial charge in [0.25, 0.3) is 5.91 Å². The molecule has 0 spiro atoms. The lowest BCUT2D eigenvalue weighted by atomic mass is 9.91. The van der Waals surface area contributed by atoms with Gasteiger partial charge in [-0.1, -0.05) is 30.3 Å². The zero-order valence-corrected chi connectivity index (χ0v) is 14.2. The summed E-state index contributed by atoms with van der Waals surface area (Å²) < 4.78 is 10.6. The first-order valence-corrected chi connectivity index (χ1v) is 8.67. The van der Waals surface area contributed by atoms with E-state index < -0.39 is 0 Å². The van der Waals surface area contributed by atoms with Crippen LogP contribution in [0.2, 0.25) is 0 Å². The molecule has 128 valence electrons. The Morgan fingerprint density at radius 2 is 2.08 bits per heavy atom. The Morgan fingerprint density at radius 1 is 1.25 bits per heavy atom. The summed E-state index contributed by atoms with van der Waals surface area (Å²) in [6.45, 7) is 2.04. The largest absolute Gasteiger partial charge is 0.453 e. The van der Waals surface area contributed by atoms with Crippen molar-refractivity contribution in [1.29, 1.82) is 0 Å². The topological polar surface area (TPSA) is 42.7 Å². The van der Waals surface area contributed by atoms with Crippen molar-refractivity contribution in [1.82, 2.24) is 4.90 Å². The standard InChI is InChI=1S/C20H25NO3/c1-23-15-18-11-12-19(24-18)20(22)21-13-5-8-17(14-21)10-9-16-6-3-2-4-7-16/h2-4,6-7,11-12,17H,5,8-10,13-15H2,1H3/t17-/m1/s1. The normalized spacial score (nSPS) is 17.9. The van der Waals surface area contributed by atoms with Crippen molar-refractivity contribution in [3.8, 4) is 0 Å². The third kappa shape index (κ3) is 4.26. The van der Waals surface area contributed by atoms with Crippen LogP contribution in [0.3, 0.4) is 0 Å². The molecule has 0 saturated carbocycles. The minimum absolute atomic E-state index is 0.00163. The Hall–Kier alpha value is -2.07. The van der Waals surface area contributed by atoms with Gasteiger partial charge in [-0.2, -0.15) is 0 Å². The molecule has 3 rings (SSSR count). The van der Waals surface area contributed by atoms with Crippen LogP contribution in [-0.4, -0.2) is 31.0 Å². The number of rotatable bonds is 6. The van der Waals surface area contributed by atoms with Crippen LogP contribution < -0.4 is 0 Å². The van der Waals surface area contributed by atoms with Crippen molar-refractivity contribution in [2.45, 2.75) is 32.3 Å². The van der Waals surface area contributed by atoms with Gasteiger partial charge in [0.2, 0.25) is 0 Å². The van der Waals surface area contributed by atoms with E-state index in [2.05, 4.69) is 24.3 Å². The molecule has 1 aliphatic heterocycles. The summed E-state index contributed by atoms with van der Waals surface area (Å²) in [6.07, 6.45) is 4.47. The lowest BCUT2D eigenvalue weighted by molar-refractivity contribution is 0.0629. The van der Waals surface area contributed by atoms with E-state index in [0.717, 1.165) is 32.4 Å². The first-order chi connectivity index (χ1) is 11.8. The van der Waals surface area contributed by atoms with E-state index in [-0.39, 0.29) is 5.91 Å². The van der Waals surface area contributed by atoms with Gasteiger partial charge in [0.15, 0.2) is 5.76 Å². The lowest BCUT2D eigenvalue weighted by Gasteiger charge is -2.32. The number of carbonyl (C=O) groups is 1. The van der Waals surface area contributed by atoms with Crippen molar-refractivity contribution in [3.63, 3.8) is 0 Å². The molecule has 1 aromatic heterocycles. The number of benzene rings is 1. The molecule has 0 bridgehead atoms. The zero-order chi connectivity index (χ0) is 16.8. The van der Waals surface area contributed by atoms with Crippen molar-refractivity contribution in [2.75, 3.05) is 20.2 Å². The van der Waals surface area contributed by atoms with Gasteiger partial charge in [0.05, 0.1) is 0 Å². The summed E-state index contributed by atoms with van der Waals surface area (Å²) in [5, 5.41) is 0. The molecule has 1 atom stereocenters. The molecule has 1 aliphatic rings. The number of piperidine rings is 1. The fourth-order valence-electron chi connectivity index (χ4n) is 3.37. The predicted octanol–water partition coefficient (Wildman–Crippen LogP) is 3.91. The fraction of sp³-hybridized carbons (Fsp3) is 0.450. The van der Waals surface area contributed by atoms with E-state index in [1.807, 2.05) is 17.0 Å². The lowest BCUT2D eigenvalue weighted by Crippen LogP contribution is -2.39. The molecule has 1 aromatic carbocycles. The first kappa shape index (κ1) is 16.8. The third-order valence-electron chi connectivity index (χ3n) is 4.65. The highest BCUT2D eigenvalue weighted by Gasteiger charge is 2.26. The summed E-state index contributed by atoms with van der Waals surface area (Å²) in [6, 6.07) is 14.1. The Morgan fingerprint density at radius 3 is 2.88 bits per heavy atom. The summed E-state index contributed by atoms with van der Waals surface area (Å²) >= 11 is 0. The number of hydrogen-bond donors (Lipinski definition) is 0. The first-order valence-electron chi connectivity index (χ1n) is 8.67. The van der Waals surface area contributed by atoms with Gasteiger partial charge in [-0.3, -0.25) is 4.79 Å². The van der Waals surface area contributed by atoms with E-state index in [1.54, 1.807) is 13.2 Å². The van der Waals surface area contributed by atoms with Crippen molar-refractivity contribution in [2.24, 2.45) is 5.92 Å². The maximum atomic E-state index is 12.6. The second-order valence-corrected chi connectivity index (χ2v) is 6.48. The number of ether oxygens (including phenoxy) is 1. The molecule has 2 heterocycles. The van der Waals surface area contributed by atoms with Crippen LogP contribution in [0, 0.1) is 5.92 Å². The number of hydrogen-bond acceptors (Lipinski definition) is 3. The van der Waals surface area contributed by atoms with Crippen LogP contribution in [0.15, 0.2) is 46.9 Å². The molecule has 4 nitrogen and oxygen atoms in total. The molecular formula is C20H25NO3. The Bertz CT molecular complexity index is 650. The summed E-state index contributed by atoms with van der Waals surface area (Å²) in [5.74, 6) is 1.68. The molecule has 1 amide bonds. The molecule has 24 heavy (non-hydrogen) atoms. The fourth-order valence-corrected chi connectivity index (χ4v) is 3.37. The zero-order valence-electron chi connectivity index (χ0n) is 14.2. The SMILES string of the molecule is COCc1ccc(C(=O)N2CCC[C@H](CCc3ccccc3)C2)o1. The molecule has 0 aliphatic carbocycles. The van der Waals surface area contributed by atoms with Gasteiger partial charge in [-0.15, -0.1) is 0 Å². The van der Waals surface area contributed by atoms with E-state index in [9.17, 15) is 4.79 Å². The number of aryl methyl sites for hydroxylation is 1. The van der Waals surface area contributed by atoms with Gasteiger partial charge in [-0.25, -0.2) is 0 Å². The molecule has 2 aromatic rings. The van der Waals surface area contributed by atoms with Crippen molar-refractivity contribution < 1.29 is 13.9 Å². The van der Waals surface area contributed by atoms with Crippen LogP contribution in [0.1, 0.15) is 41.1 Å². The maximum Gasteiger partial charge on any atom is 0.289 e. The number of nitrogens with zero attached hydrogens (tertiary/aromatic N) is 1. The average Bonchev–Trinajstić information content (AvgIpc) is 3.09. The third-order valence-corrected chi connectivity index (χ3v) is 4.65. The summed E-state index contributed by atoms with van der Waals surface area (Å²) in [5.41, 5.74) is 1.37. The van der Waals surface area contributed by atoms with E-state index in [4.69, 9.17) is 9.15 Å². The number of furan rings is 1. The Labute approximate surface area is 143 Å². The smallest absolute Gasteiger partial charge is 0.289 e. The van der Waals surface area contributed by atoms with Crippen molar-refractivity contribution in [3.05, 3.63) is 59.5 Å². The molecular weight excluding hydrogens is 302 g/mol. The Kier molecular flexibility index (Phi) is 5.70. The highest BCUT2D eigenvalue weighted by molar-refractivity contribution is 5.91. The molecule has 1 saturated heterocycles. The number of carbonyl (C=O) groups excluding carboxylic acids is 1. The van der Waals surface area contributed by atoms with E-state index in [0.29, 0.717) is 24.0 Å². The molecule has 0 N–H and O–H groups in total. The van der Waals surface area contributed by atoms with Crippen LogP contribution in [-0.2, 0) is 17.8 Å². The van der Waals surface area contributed by atoms with Gasteiger partial charge in [0, 0.05) is 20.2 Å². The van der Waals surface area contributed by atoms with Crippen LogP contribution in [0.4, 0.5) is 0 Å². The van der Waals surface area contributed by atoms with Crippen LogP contribution in [0.5, 0.6) is 0 Å². The van der Waals surface area contributed by atoms with Crippen LogP contribution >= 0.6 is 0 Å². The van der Waals surface area contributed by atoms with Gasteiger partial charge in [-0.05, 0) is 49.3 Å². The highest BCUT2D eigenvalue weighted by atomic mass is 16.5. The van der Waals surface area contributed by atoms with Gasteiger partial charge >= 0.3 is 0 Å². The molecule has 1 fully saturated rings. The molecule has 0 unspecified atom stereocenters. The monoisotopic (exact) mass is 327 g/mol. The number of likely N-dealkylation sites (tertiary alicyclic amines) is 1. The van der Waals surface area contributed by atoms with Crippen LogP contribution in [0.25, 0.3) is 0 Å². The minimum atomic E-state index is 0.00163. The summed E-state index contributed by atoms with van der Waals surface area (Å²) in [4.78, 5) is 14.6. The highest BCUT2D eigenvalue weighted by Crippen LogP contribution is 2.23.